The summed E-state index contributed by atoms with van der Waals surface area (Å²) in [5.41, 5.74) is 2.26. The topological polar surface area (TPSA) is 13.6 Å². The molecule has 86 valence electrons. The second-order valence-electron chi connectivity index (χ2n) is 4.19. The average molecular weight is 217 g/mol. The lowest BCUT2D eigenvalue weighted by Gasteiger charge is -2.14. The van der Waals surface area contributed by atoms with E-state index < -0.39 is 0 Å². The van der Waals surface area contributed by atoms with Crippen LogP contribution in [0.1, 0.15) is 50.8 Å². The minimum atomic E-state index is -0.0758. The van der Waals surface area contributed by atoms with Crippen LogP contribution >= 0.6 is 0 Å². The lowest BCUT2D eigenvalue weighted by molar-refractivity contribution is 0.335. The zero-order valence-electron chi connectivity index (χ0n) is 10.4. The largest absolute Gasteiger partial charge is 0.494 e. The van der Waals surface area contributed by atoms with Crippen molar-refractivity contribution in [3.8, 4) is 5.75 Å². The average Bonchev–Trinajstić information content (AvgIpc) is 2.28. The molecule has 0 fully saturated rings. The molecule has 1 aromatic rings. The van der Waals surface area contributed by atoms with Crippen molar-refractivity contribution in [1.29, 1.82) is 0 Å². The van der Waals surface area contributed by atoms with Gasteiger partial charge >= 0.3 is 0 Å². The van der Waals surface area contributed by atoms with Crippen molar-refractivity contribution < 1.29 is 4.74 Å². The maximum atomic E-state index is 7.05. The summed E-state index contributed by atoms with van der Waals surface area (Å²) in [5, 5.41) is 0. The Bertz CT molecular complexity index is 390. The van der Waals surface area contributed by atoms with Crippen LogP contribution in [0.25, 0.3) is 4.85 Å². The maximum absolute atomic E-state index is 7.05. The van der Waals surface area contributed by atoms with Crippen molar-refractivity contribution >= 4 is 0 Å². The number of benzene rings is 1. The molecule has 0 aromatic heterocycles. The quantitative estimate of drug-likeness (QED) is 0.689. The van der Waals surface area contributed by atoms with E-state index in [0.29, 0.717) is 12.5 Å². The van der Waals surface area contributed by atoms with Gasteiger partial charge in [-0.05, 0) is 36.6 Å². The standard InChI is InChI=1S/C14H19NO/c1-6-16-14-8-7-12(11(4)15-5)9-13(14)10(2)3/h7-11H,6H2,1-4H3. The highest BCUT2D eigenvalue weighted by atomic mass is 16.5. The number of hydrogen-bond acceptors (Lipinski definition) is 1. The summed E-state index contributed by atoms with van der Waals surface area (Å²) in [6.07, 6.45) is 0. The van der Waals surface area contributed by atoms with E-state index in [-0.39, 0.29) is 6.04 Å². The van der Waals surface area contributed by atoms with Crippen LogP contribution in [0.4, 0.5) is 0 Å². The summed E-state index contributed by atoms with van der Waals surface area (Å²) in [6, 6.07) is 5.99. The van der Waals surface area contributed by atoms with Crippen LogP contribution < -0.4 is 4.74 Å². The third-order valence-corrected chi connectivity index (χ3v) is 2.63. The predicted molar refractivity (Wildman–Crippen MR) is 66.7 cm³/mol. The molecule has 1 unspecified atom stereocenters. The van der Waals surface area contributed by atoms with Gasteiger partial charge in [-0.2, -0.15) is 0 Å². The lowest BCUT2D eigenvalue weighted by Crippen LogP contribution is -2.00. The van der Waals surface area contributed by atoms with Crippen LogP contribution in [0.5, 0.6) is 5.75 Å². The van der Waals surface area contributed by atoms with E-state index in [1.807, 2.05) is 26.0 Å². The van der Waals surface area contributed by atoms with Crippen LogP contribution in [0, 0.1) is 6.57 Å². The molecule has 0 radical (unpaired) electrons. The van der Waals surface area contributed by atoms with Crippen LogP contribution in [-0.2, 0) is 0 Å². The van der Waals surface area contributed by atoms with Crippen molar-refractivity contribution in [3.63, 3.8) is 0 Å². The van der Waals surface area contributed by atoms with Crippen LogP contribution in [0.2, 0.25) is 0 Å². The Morgan fingerprint density at radius 1 is 1.31 bits per heavy atom. The smallest absolute Gasteiger partial charge is 0.245 e. The fraction of sp³-hybridized carbons (Fsp3) is 0.500. The minimum Gasteiger partial charge on any atom is -0.494 e. The normalized spacial score (nSPS) is 12.2. The zero-order valence-corrected chi connectivity index (χ0v) is 10.4. The Labute approximate surface area is 98.1 Å². The maximum Gasteiger partial charge on any atom is 0.245 e. The zero-order chi connectivity index (χ0) is 12.1. The molecule has 1 aromatic carbocycles. The molecule has 0 bridgehead atoms. The fourth-order valence-corrected chi connectivity index (χ4v) is 1.64. The van der Waals surface area contributed by atoms with E-state index in [0.717, 1.165) is 11.3 Å². The van der Waals surface area contributed by atoms with Gasteiger partial charge in [0.2, 0.25) is 6.04 Å². The molecule has 2 nitrogen and oxygen atoms in total. The Kier molecular flexibility index (Phi) is 4.37. The van der Waals surface area contributed by atoms with Crippen molar-refractivity contribution in [1.82, 2.24) is 0 Å². The number of rotatable bonds is 4. The number of ether oxygens (including phenoxy) is 1. The van der Waals surface area contributed by atoms with Gasteiger partial charge in [0.25, 0.3) is 0 Å². The lowest BCUT2D eigenvalue weighted by atomic mass is 9.97. The minimum absolute atomic E-state index is 0.0758. The molecule has 0 aliphatic rings. The van der Waals surface area contributed by atoms with Crippen molar-refractivity contribution in [2.75, 3.05) is 6.61 Å². The second kappa shape index (κ2) is 5.55. The van der Waals surface area contributed by atoms with E-state index in [1.54, 1.807) is 0 Å². The number of hydrogen-bond donors (Lipinski definition) is 0. The molecule has 0 amide bonds. The van der Waals surface area contributed by atoms with Gasteiger partial charge in [-0.15, -0.1) is 0 Å². The molecule has 0 aliphatic heterocycles. The first-order valence-corrected chi connectivity index (χ1v) is 5.73. The second-order valence-corrected chi connectivity index (χ2v) is 4.19. The third kappa shape index (κ3) is 2.76. The summed E-state index contributed by atoms with van der Waals surface area (Å²) in [5.74, 6) is 1.36. The van der Waals surface area contributed by atoms with Crippen LogP contribution in [0.15, 0.2) is 18.2 Å². The summed E-state index contributed by atoms with van der Waals surface area (Å²) in [6.45, 7) is 15.9. The van der Waals surface area contributed by atoms with Crippen LogP contribution in [0.3, 0.4) is 0 Å². The SMILES string of the molecule is [C-]#[N+]C(C)c1ccc(OCC)c(C(C)C)c1. The molecule has 0 heterocycles. The molecule has 16 heavy (non-hydrogen) atoms. The molecule has 2 heteroatoms. The molecule has 0 aliphatic carbocycles. The first kappa shape index (κ1) is 12.6. The molecule has 0 saturated carbocycles. The molecular formula is C14H19NO. The number of nitrogens with zero attached hydrogens (tertiary/aromatic N) is 1. The fourth-order valence-electron chi connectivity index (χ4n) is 1.64. The van der Waals surface area contributed by atoms with Crippen molar-refractivity contribution in [2.45, 2.75) is 39.7 Å². The van der Waals surface area contributed by atoms with Gasteiger partial charge in [-0.25, -0.2) is 6.57 Å². The Hall–Kier alpha value is -1.49. The highest BCUT2D eigenvalue weighted by Gasteiger charge is 2.14. The van der Waals surface area contributed by atoms with E-state index in [9.17, 15) is 0 Å². The summed E-state index contributed by atoms with van der Waals surface area (Å²) < 4.78 is 5.59. The molecular weight excluding hydrogens is 198 g/mol. The predicted octanol–water partition coefficient (Wildman–Crippen LogP) is 4.19. The molecule has 1 atom stereocenters. The molecule has 0 saturated heterocycles. The first-order valence-electron chi connectivity index (χ1n) is 5.73. The van der Waals surface area contributed by atoms with Gasteiger partial charge in [0.15, 0.2) is 0 Å². The molecule has 0 spiro atoms. The van der Waals surface area contributed by atoms with Gasteiger partial charge in [-0.1, -0.05) is 13.8 Å². The Morgan fingerprint density at radius 3 is 2.50 bits per heavy atom. The van der Waals surface area contributed by atoms with Crippen molar-refractivity contribution in [3.05, 3.63) is 40.7 Å². The Balaban J connectivity index is 3.13. The van der Waals surface area contributed by atoms with Gasteiger partial charge < -0.3 is 9.58 Å². The monoisotopic (exact) mass is 217 g/mol. The molecule has 1 rings (SSSR count). The van der Waals surface area contributed by atoms with E-state index in [2.05, 4.69) is 24.8 Å². The van der Waals surface area contributed by atoms with Gasteiger partial charge in [-0.3, -0.25) is 0 Å². The van der Waals surface area contributed by atoms with Gasteiger partial charge in [0, 0.05) is 12.5 Å². The molecule has 0 N–H and O–H groups in total. The van der Waals surface area contributed by atoms with Crippen molar-refractivity contribution in [2.24, 2.45) is 0 Å². The van der Waals surface area contributed by atoms with E-state index in [1.165, 1.54) is 5.56 Å². The first-order chi connectivity index (χ1) is 7.60. The van der Waals surface area contributed by atoms with Crippen LogP contribution in [-0.4, -0.2) is 6.61 Å². The third-order valence-electron chi connectivity index (χ3n) is 2.63. The summed E-state index contributed by atoms with van der Waals surface area (Å²) >= 11 is 0. The highest BCUT2D eigenvalue weighted by Crippen LogP contribution is 2.30. The van der Waals surface area contributed by atoms with Gasteiger partial charge in [0.05, 0.1) is 6.61 Å². The van der Waals surface area contributed by atoms with Gasteiger partial charge in [0.1, 0.15) is 5.75 Å². The highest BCUT2D eigenvalue weighted by molar-refractivity contribution is 5.40. The van der Waals surface area contributed by atoms with E-state index >= 15 is 0 Å². The Morgan fingerprint density at radius 2 is 2.00 bits per heavy atom. The summed E-state index contributed by atoms with van der Waals surface area (Å²) in [7, 11) is 0. The van der Waals surface area contributed by atoms with E-state index in [4.69, 9.17) is 11.3 Å². The summed E-state index contributed by atoms with van der Waals surface area (Å²) in [4.78, 5) is 3.54.